The predicted octanol–water partition coefficient (Wildman–Crippen LogP) is 5.46. The highest BCUT2D eigenvalue weighted by molar-refractivity contribution is 7.16. The fourth-order valence-corrected chi connectivity index (χ4v) is 3.71. The maximum Gasteiger partial charge on any atom is 0.416 e. The van der Waals surface area contributed by atoms with Crippen LogP contribution in [-0.4, -0.2) is 18.2 Å². The Kier molecular flexibility index (Phi) is 5.27. The topological polar surface area (TPSA) is 63.6 Å². The average Bonchev–Trinajstić information content (AvgIpc) is 2.65. The molecular formula is C19H10F6O4S. The van der Waals surface area contributed by atoms with Gasteiger partial charge in [-0.15, -0.1) is 0 Å². The van der Waals surface area contributed by atoms with Gasteiger partial charge >= 0.3 is 18.3 Å². The van der Waals surface area contributed by atoms with E-state index < -0.39 is 45.5 Å². The van der Waals surface area contributed by atoms with Crippen molar-refractivity contribution >= 4 is 27.4 Å². The third-order valence-corrected chi connectivity index (χ3v) is 5.14. The molecule has 1 heterocycles. The first-order chi connectivity index (χ1) is 13.8. The Balaban J connectivity index is 2.25. The van der Waals surface area contributed by atoms with Crippen LogP contribution in [0.1, 0.15) is 21.5 Å². The Morgan fingerprint density at radius 3 is 2.00 bits per heavy atom. The molecule has 0 saturated carbocycles. The van der Waals surface area contributed by atoms with Gasteiger partial charge in [0.2, 0.25) is 0 Å². The van der Waals surface area contributed by atoms with Crippen molar-refractivity contribution in [3.05, 3.63) is 62.6 Å². The van der Waals surface area contributed by atoms with Crippen molar-refractivity contribution in [1.82, 2.24) is 0 Å². The largest absolute Gasteiger partial charge is 0.506 e. The lowest BCUT2D eigenvalue weighted by Crippen LogP contribution is -2.13. The average molecular weight is 448 g/mol. The van der Waals surface area contributed by atoms with Crippen LogP contribution in [0.5, 0.6) is 5.75 Å². The number of benzene rings is 2. The van der Waals surface area contributed by atoms with E-state index in [9.17, 15) is 41.0 Å². The molecule has 11 heteroatoms. The molecule has 0 aliphatic rings. The number of halogens is 6. The molecule has 0 radical (unpaired) electrons. The lowest BCUT2D eigenvalue weighted by Gasteiger charge is -2.15. The molecule has 0 aliphatic carbocycles. The van der Waals surface area contributed by atoms with E-state index in [0.29, 0.717) is 23.5 Å². The molecule has 2 aromatic carbocycles. The predicted molar refractivity (Wildman–Crippen MR) is 96.5 cm³/mol. The first-order valence-corrected chi connectivity index (χ1v) is 8.82. The summed E-state index contributed by atoms with van der Waals surface area (Å²) in [6.45, 7) is 0. The fourth-order valence-electron chi connectivity index (χ4n) is 2.77. The zero-order valence-corrected chi connectivity index (χ0v) is 15.6. The molecule has 158 valence electrons. The molecule has 0 bridgehead atoms. The van der Waals surface area contributed by atoms with Crippen molar-refractivity contribution in [3.8, 4) is 16.9 Å². The fraction of sp³-hybridized carbons (Fsp3) is 0.158. The van der Waals surface area contributed by atoms with Crippen LogP contribution in [0.2, 0.25) is 0 Å². The summed E-state index contributed by atoms with van der Waals surface area (Å²) >= 11 is 0.494. The Labute approximate surface area is 168 Å². The van der Waals surface area contributed by atoms with Crippen LogP contribution in [0.3, 0.4) is 0 Å². The molecule has 3 rings (SSSR count). The molecule has 0 fully saturated rings. The van der Waals surface area contributed by atoms with Crippen LogP contribution in [0.15, 0.2) is 41.2 Å². The Hall–Kier alpha value is -3.08. The molecule has 30 heavy (non-hydrogen) atoms. The maximum absolute atomic E-state index is 13.1. The van der Waals surface area contributed by atoms with Gasteiger partial charge in [-0.25, -0.2) is 4.79 Å². The summed E-state index contributed by atoms with van der Waals surface area (Å²) in [6, 6.07) is 4.66. The number of ether oxygens (including phenoxy) is 1. The molecule has 0 unspecified atom stereocenters. The number of aromatic hydroxyl groups is 1. The lowest BCUT2D eigenvalue weighted by atomic mass is 9.98. The molecule has 3 aromatic rings. The Morgan fingerprint density at radius 1 is 0.933 bits per heavy atom. The van der Waals surface area contributed by atoms with Crippen LogP contribution in [0.4, 0.5) is 26.3 Å². The van der Waals surface area contributed by atoms with Crippen molar-refractivity contribution in [3.63, 3.8) is 0 Å². The van der Waals surface area contributed by atoms with E-state index in [-0.39, 0.29) is 27.3 Å². The number of methoxy groups -OCH3 is 1. The standard InChI is InChI=1S/C19H10F6O4S/c1-29-16(27)14-15(26)12-3-2-8(6-13(12)30-17(14)28)9-4-10(18(20,21)22)7-11(5-9)19(23,24)25/h2-7,26H,1H3. The van der Waals surface area contributed by atoms with Crippen LogP contribution in [-0.2, 0) is 17.1 Å². The van der Waals surface area contributed by atoms with Crippen LogP contribution >= 0.6 is 11.3 Å². The number of hydrogen-bond acceptors (Lipinski definition) is 5. The van der Waals surface area contributed by atoms with Gasteiger partial charge in [-0.3, -0.25) is 4.79 Å². The highest BCUT2D eigenvalue weighted by Gasteiger charge is 2.37. The van der Waals surface area contributed by atoms with E-state index >= 15 is 0 Å². The number of carbonyl (C=O) groups excluding carboxylic acids is 1. The number of alkyl halides is 6. The van der Waals surface area contributed by atoms with Crippen LogP contribution in [0.25, 0.3) is 21.2 Å². The second-order valence-corrected chi connectivity index (χ2v) is 7.12. The number of hydrogen-bond donors (Lipinski definition) is 1. The number of esters is 1. The number of fused-ring (bicyclic) bond motifs is 1. The molecule has 0 spiro atoms. The molecule has 1 N–H and O–H groups in total. The smallest absolute Gasteiger partial charge is 0.416 e. The van der Waals surface area contributed by atoms with Gasteiger partial charge in [-0.05, 0) is 41.5 Å². The van der Waals surface area contributed by atoms with Crippen molar-refractivity contribution in [2.45, 2.75) is 12.4 Å². The lowest BCUT2D eigenvalue weighted by molar-refractivity contribution is -0.143. The van der Waals surface area contributed by atoms with Crippen molar-refractivity contribution in [1.29, 1.82) is 0 Å². The molecule has 4 nitrogen and oxygen atoms in total. The highest BCUT2D eigenvalue weighted by atomic mass is 32.1. The maximum atomic E-state index is 13.1. The van der Waals surface area contributed by atoms with Crippen LogP contribution in [0, 0.1) is 0 Å². The van der Waals surface area contributed by atoms with Crippen molar-refractivity contribution in [2.75, 3.05) is 7.11 Å². The van der Waals surface area contributed by atoms with Gasteiger partial charge in [-0.2, -0.15) is 26.3 Å². The van der Waals surface area contributed by atoms with E-state index in [0.717, 1.165) is 13.2 Å². The summed E-state index contributed by atoms with van der Waals surface area (Å²) in [6.07, 6.45) is -10.0. The van der Waals surface area contributed by atoms with E-state index in [1.54, 1.807) is 0 Å². The summed E-state index contributed by atoms with van der Waals surface area (Å²) in [5.74, 6) is -1.76. The Morgan fingerprint density at radius 2 is 1.50 bits per heavy atom. The number of rotatable bonds is 2. The van der Waals surface area contributed by atoms with Gasteiger partial charge in [0.15, 0.2) is 5.56 Å². The SMILES string of the molecule is COC(=O)c1c(O)c2ccc(-c3cc(C(F)(F)F)cc(C(F)(F)F)c3)cc2sc1=O. The second-order valence-electron chi connectivity index (χ2n) is 6.11. The van der Waals surface area contributed by atoms with Gasteiger partial charge < -0.3 is 9.84 Å². The molecule has 0 atom stereocenters. The van der Waals surface area contributed by atoms with Gasteiger partial charge in [0.05, 0.1) is 18.2 Å². The van der Waals surface area contributed by atoms with Gasteiger partial charge in [-0.1, -0.05) is 17.4 Å². The minimum atomic E-state index is -5.01. The second kappa shape index (κ2) is 7.31. The first-order valence-electron chi connectivity index (χ1n) is 8.01. The van der Waals surface area contributed by atoms with Crippen molar-refractivity contribution < 1.29 is 41.0 Å². The van der Waals surface area contributed by atoms with Gasteiger partial charge in [0.25, 0.3) is 4.74 Å². The van der Waals surface area contributed by atoms with E-state index in [1.807, 2.05) is 0 Å². The van der Waals surface area contributed by atoms with Crippen molar-refractivity contribution in [2.24, 2.45) is 0 Å². The monoisotopic (exact) mass is 448 g/mol. The van der Waals surface area contributed by atoms with E-state index in [2.05, 4.69) is 4.74 Å². The van der Waals surface area contributed by atoms with Gasteiger partial charge in [0, 0.05) is 10.1 Å². The molecular weight excluding hydrogens is 438 g/mol. The van der Waals surface area contributed by atoms with E-state index in [4.69, 9.17) is 0 Å². The molecule has 0 amide bonds. The van der Waals surface area contributed by atoms with Gasteiger partial charge in [0.1, 0.15) is 5.75 Å². The highest BCUT2D eigenvalue weighted by Crippen LogP contribution is 2.40. The molecule has 1 aromatic heterocycles. The first kappa shape index (κ1) is 21.6. The summed E-state index contributed by atoms with van der Waals surface area (Å²) in [4.78, 5) is 23.8. The van der Waals surface area contributed by atoms with Crippen LogP contribution < -0.4 is 4.74 Å². The summed E-state index contributed by atoms with van der Waals surface area (Å²) < 4.78 is 82.1. The quantitative estimate of drug-likeness (QED) is 0.418. The minimum absolute atomic E-state index is 0.0113. The summed E-state index contributed by atoms with van der Waals surface area (Å²) in [7, 11) is 1.01. The third kappa shape index (κ3) is 3.97. The zero-order valence-electron chi connectivity index (χ0n) is 14.8. The Bertz CT molecular complexity index is 1180. The number of carbonyl (C=O) groups is 1. The molecule has 0 saturated heterocycles. The third-order valence-electron chi connectivity index (χ3n) is 4.19. The summed E-state index contributed by atoms with van der Waals surface area (Å²) in [5, 5.41) is 10.2. The zero-order chi connectivity index (χ0) is 22.4. The van der Waals surface area contributed by atoms with E-state index in [1.165, 1.54) is 12.1 Å². The molecule has 0 aliphatic heterocycles. The minimum Gasteiger partial charge on any atom is -0.506 e. The normalized spacial score (nSPS) is 12.2. The summed E-state index contributed by atoms with van der Waals surface area (Å²) in [5.41, 5.74) is -4.00.